The van der Waals surface area contributed by atoms with Gasteiger partial charge in [0.25, 0.3) is 0 Å². The minimum Gasteiger partial charge on any atom is -0.370 e. The normalized spacial score (nSPS) is 10.4. The number of aromatic nitrogens is 2. The van der Waals surface area contributed by atoms with Crippen molar-refractivity contribution in [3.8, 4) is 0 Å². The first-order valence-corrected chi connectivity index (χ1v) is 9.34. The molecule has 0 unspecified atom stereocenters. The third-order valence-corrected chi connectivity index (χ3v) is 4.18. The molecule has 7 heteroatoms. The molecule has 0 aliphatic carbocycles. The highest BCUT2D eigenvalue weighted by molar-refractivity contribution is 6.30. The molecule has 0 fully saturated rings. The molecule has 0 saturated carbocycles. The molecule has 0 spiro atoms. The zero-order valence-corrected chi connectivity index (χ0v) is 16.5. The molecule has 3 aromatic rings. The second kappa shape index (κ2) is 9.19. The largest absolute Gasteiger partial charge is 0.370 e. The number of rotatable bonds is 7. The summed E-state index contributed by atoms with van der Waals surface area (Å²) in [6.07, 6.45) is 0.863. The summed E-state index contributed by atoms with van der Waals surface area (Å²) in [6.45, 7) is 4.15. The minimum atomic E-state index is -0.115. The van der Waals surface area contributed by atoms with E-state index in [4.69, 9.17) is 11.6 Å². The van der Waals surface area contributed by atoms with E-state index >= 15 is 0 Å². The second-order valence-electron chi connectivity index (χ2n) is 6.41. The Morgan fingerprint density at radius 3 is 2.54 bits per heavy atom. The van der Waals surface area contributed by atoms with Gasteiger partial charge in [-0.1, -0.05) is 29.8 Å². The van der Waals surface area contributed by atoms with Crippen LogP contribution < -0.4 is 16.0 Å². The van der Waals surface area contributed by atoms with Gasteiger partial charge in [0.1, 0.15) is 5.82 Å². The lowest BCUT2D eigenvalue weighted by Gasteiger charge is -2.11. The number of hydrogen-bond donors (Lipinski definition) is 3. The van der Waals surface area contributed by atoms with Gasteiger partial charge in [0, 0.05) is 41.6 Å². The molecule has 0 aliphatic heterocycles. The van der Waals surface area contributed by atoms with Crippen molar-refractivity contribution in [2.24, 2.45) is 0 Å². The SMILES string of the molecule is CC(=O)Nc1cccc(Nc2nc(C)cc(NCCc3ccc(Cl)cc3)n2)c1. The molecule has 1 heterocycles. The molecular formula is C21H22ClN5O. The first-order chi connectivity index (χ1) is 13.5. The Kier molecular flexibility index (Phi) is 6.45. The number of nitrogens with zero attached hydrogens (tertiary/aromatic N) is 2. The summed E-state index contributed by atoms with van der Waals surface area (Å²) in [6, 6.07) is 17.1. The Bertz CT molecular complexity index is 959. The fourth-order valence-electron chi connectivity index (χ4n) is 2.71. The molecule has 28 heavy (non-hydrogen) atoms. The van der Waals surface area contributed by atoms with Crippen molar-refractivity contribution in [1.29, 1.82) is 0 Å². The summed E-state index contributed by atoms with van der Waals surface area (Å²) in [7, 11) is 0. The molecule has 0 saturated heterocycles. The van der Waals surface area contributed by atoms with Crippen LogP contribution in [0.2, 0.25) is 5.02 Å². The maximum absolute atomic E-state index is 11.2. The first-order valence-electron chi connectivity index (χ1n) is 8.96. The molecule has 0 radical (unpaired) electrons. The van der Waals surface area contributed by atoms with Gasteiger partial charge in [0.05, 0.1) is 0 Å². The van der Waals surface area contributed by atoms with Gasteiger partial charge < -0.3 is 16.0 Å². The molecule has 6 nitrogen and oxygen atoms in total. The summed E-state index contributed by atoms with van der Waals surface area (Å²) in [5, 5.41) is 10.0. The molecule has 3 N–H and O–H groups in total. The van der Waals surface area contributed by atoms with E-state index in [1.165, 1.54) is 12.5 Å². The highest BCUT2D eigenvalue weighted by Crippen LogP contribution is 2.19. The lowest BCUT2D eigenvalue weighted by Crippen LogP contribution is -2.09. The van der Waals surface area contributed by atoms with Crippen LogP contribution in [0.5, 0.6) is 0 Å². The van der Waals surface area contributed by atoms with Crippen molar-refractivity contribution in [3.05, 3.63) is 70.9 Å². The maximum atomic E-state index is 11.2. The van der Waals surface area contributed by atoms with Gasteiger partial charge in [0.2, 0.25) is 11.9 Å². The number of benzene rings is 2. The fourth-order valence-corrected chi connectivity index (χ4v) is 2.83. The number of hydrogen-bond acceptors (Lipinski definition) is 5. The molecule has 2 aromatic carbocycles. The van der Waals surface area contributed by atoms with Crippen LogP contribution in [0.25, 0.3) is 0 Å². The monoisotopic (exact) mass is 395 g/mol. The second-order valence-corrected chi connectivity index (χ2v) is 6.84. The zero-order valence-electron chi connectivity index (χ0n) is 15.8. The summed E-state index contributed by atoms with van der Waals surface area (Å²) in [5.41, 5.74) is 3.57. The average molecular weight is 396 g/mol. The topological polar surface area (TPSA) is 78.9 Å². The highest BCUT2D eigenvalue weighted by Gasteiger charge is 2.04. The number of halogens is 1. The van der Waals surface area contributed by atoms with Crippen LogP contribution in [0.1, 0.15) is 18.2 Å². The van der Waals surface area contributed by atoms with Crippen molar-refractivity contribution in [1.82, 2.24) is 9.97 Å². The van der Waals surface area contributed by atoms with E-state index in [1.807, 2.05) is 61.5 Å². The summed E-state index contributed by atoms with van der Waals surface area (Å²) in [5.74, 6) is 1.13. The lowest BCUT2D eigenvalue weighted by atomic mass is 10.1. The maximum Gasteiger partial charge on any atom is 0.229 e. The van der Waals surface area contributed by atoms with Crippen molar-refractivity contribution < 1.29 is 4.79 Å². The molecular weight excluding hydrogens is 374 g/mol. The zero-order chi connectivity index (χ0) is 19.9. The van der Waals surface area contributed by atoms with E-state index in [0.29, 0.717) is 11.6 Å². The Morgan fingerprint density at radius 2 is 1.79 bits per heavy atom. The molecule has 1 aromatic heterocycles. The van der Waals surface area contributed by atoms with Crippen LogP contribution in [0.15, 0.2) is 54.6 Å². The predicted octanol–water partition coefficient (Wildman–Crippen LogP) is 4.80. The van der Waals surface area contributed by atoms with Crippen molar-refractivity contribution in [3.63, 3.8) is 0 Å². The number of aryl methyl sites for hydroxylation is 1. The third kappa shape index (κ3) is 5.96. The molecule has 1 amide bonds. The van der Waals surface area contributed by atoms with Crippen LogP contribution >= 0.6 is 11.6 Å². The average Bonchev–Trinajstić information content (AvgIpc) is 2.63. The number of carbonyl (C=O) groups excluding carboxylic acids is 1. The standard InChI is InChI=1S/C21H22ClN5O/c1-14-12-20(23-11-10-16-6-8-17(22)9-7-16)27-21(24-14)26-19-5-3-4-18(13-19)25-15(2)28/h3-9,12-13H,10-11H2,1-2H3,(H,25,28)(H2,23,24,26,27). The van der Waals surface area contributed by atoms with Gasteiger partial charge in [-0.2, -0.15) is 4.98 Å². The number of carbonyl (C=O) groups is 1. The molecule has 0 aliphatic rings. The van der Waals surface area contributed by atoms with Gasteiger partial charge in [-0.05, 0) is 49.2 Å². The highest BCUT2D eigenvalue weighted by atomic mass is 35.5. The van der Waals surface area contributed by atoms with E-state index in [0.717, 1.165) is 35.2 Å². The van der Waals surface area contributed by atoms with E-state index < -0.39 is 0 Å². The first kappa shape index (κ1) is 19.6. The van der Waals surface area contributed by atoms with Gasteiger partial charge in [0.15, 0.2) is 0 Å². The molecule has 144 valence electrons. The van der Waals surface area contributed by atoms with Crippen LogP contribution in [0.3, 0.4) is 0 Å². The van der Waals surface area contributed by atoms with E-state index in [1.54, 1.807) is 0 Å². The minimum absolute atomic E-state index is 0.115. The van der Waals surface area contributed by atoms with Crippen molar-refractivity contribution in [2.45, 2.75) is 20.3 Å². The van der Waals surface area contributed by atoms with Crippen LogP contribution in [-0.2, 0) is 11.2 Å². The Balaban J connectivity index is 1.64. The van der Waals surface area contributed by atoms with Crippen LogP contribution in [0.4, 0.5) is 23.1 Å². The van der Waals surface area contributed by atoms with Crippen molar-refractivity contribution in [2.75, 3.05) is 22.5 Å². The van der Waals surface area contributed by atoms with E-state index in [2.05, 4.69) is 25.9 Å². The predicted molar refractivity (Wildman–Crippen MR) is 114 cm³/mol. The van der Waals surface area contributed by atoms with Crippen LogP contribution in [0, 0.1) is 6.92 Å². The van der Waals surface area contributed by atoms with E-state index in [-0.39, 0.29) is 5.91 Å². The Hall–Kier alpha value is -3.12. The van der Waals surface area contributed by atoms with Gasteiger partial charge in [-0.25, -0.2) is 4.98 Å². The molecule has 3 rings (SSSR count). The Labute approximate surface area is 169 Å². The molecule has 0 atom stereocenters. The third-order valence-electron chi connectivity index (χ3n) is 3.93. The summed E-state index contributed by atoms with van der Waals surface area (Å²) < 4.78 is 0. The number of nitrogens with one attached hydrogen (secondary N) is 3. The molecule has 0 bridgehead atoms. The van der Waals surface area contributed by atoms with Crippen LogP contribution in [-0.4, -0.2) is 22.4 Å². The van der Waals surface area contributed by atoms with Gasteiger partial charge in [-0.15, -0.1) is 0 Å². The smallest absolute Gasteiger partial charge is 0.229 e. The fraction of sp³-hybridized carbons (Fsp3) is 0.190. The van der Waals surface area contributed by atoms with Crippen molar-refractivity contribution >= 4 is 40.6 Å². The lowest BCUT2D eigenvalue weighted by molar-refractivity contribution is -0.114. The van der Waals surface area contributed by atoms with Gasteiger partial charge >= 0.3 is 0 Å². The summed E-state index contributed by atoms with van der Waals surface area (Å²) in [4.78, 5) is 20.2. The number of amides is 1. The quantitative estimate of drug-likeness (QED) is 0.535. The Morgan fingerprint density at radius 1 is 1.04 bits per heavy atom. The van der Waals surface area contributed by atoms with Gasteiger partial charge in [-0.3, -0.25) is 4.79 Å². The number of anilines is 4. The summed E-state index contributed by atoms with van der Waals surface area (Å²) >= 11 is 5.92. The van der Waals surface area contributed by atoms with E-state index in [9.17, 15) is 4.79 Å².